The van der Waals surface area contributed by atoms with Gasteiger partial charge >= 0.3 is 0 Å². The van der Waals surface area contributed by atoms with Gasteiger partial charge in [0, 0.05) is 38.6 Å². The lowest BCUT2D eigenvalue weighted by Gasteiger charge is -2.35. The number of aryl methyl sites for hydroxylation is 1. The van der Waals surface area contributed by atoms with Gasteiger partial charge in [-0.15, -0.1) is 0 Å². The molecule has 0 aliphatic carbocycles. The summed E-state index contributed by atoms with van der Waals surface area (Å²) in [6.07, 6.45) is 7.89. The van der Waals surface area contributed by atoms with Gasteiger partial charge in [-0.05, 0) is 62.7 Å². The van der Waals surface area contributed by atoms with Gasteiger partial charge in [-0.3, -0.25) is 9.69 Å². The summed E-state index contributed by atoms with van der Waals surface area (Å²) in [6.45, 7) is 7.64. The average Bonchev–Trinajstić information content (AvgIpc) is 3.44. The molecule has 156 valence electrons. The first kappa shape index (κ1) is 20.1. The van der Waals surface area contributed by atoms with E-state index in [4.69, 9.17) is 4.74 Å². The number of aromatic nitrogens is 2. The van der Waals surface area contributed by atoms with Crippen molar-refractivity contribution < 1.29 is 9.53 Å². The molecule has 3 heterocycles. The summed E-state index contributed by atoms with van der Waals surface area (Å²) in [4.78, 5) is 24.6. The minimum absolute atomic E-state index is 0.00663. The zero-order valence-electron chi connectivity index (χ0n) is 17.3. The van der Waals surface area contributed by atoms with Crippen LogP contribution in [0.4, 0.5) is 0 Å². The van der Waals surface area contributed by atoms with Crippen LogP contribution in [-0.2, 0) is 11.3 Å². The third-order valence-corrected chi connectivity index (χ3v) is 6.28. The fourth-order valence-corrected chi connectivity index (χ4v) is 4.47. The standard InChI is InChI=1S/C23H32N4O2/c1-18-5-2-3-6-20(18)16-26-12-8-19(9-13-26)15-27(17-21-7-4-14-29-21)23(28)22-24-10-11-25-22/h2-3,5-6,10-11,19,21H,4,7-9,12-17H2,1H3,(H,24,25). The number of carbonyl (C=O) groups is 1. The molecule has 6 nitrogen and oxygen atoms in total. The van der Waals surface area contributed by atoms with Crippen molar-refractivity contribution in [1.82, 2.24) is 19.8 Å². The molecule has 0 saturated carbocycles. The Morgan fingerprint density at radius 1 is 1.24 bits per heavy atom. The first-order valence-electron chi connectivity index (χ1n) is 10.9. The number of hydrogen-bond acceptors (Lipinski definition) is 4. The maximum absolute atomic E-state index is 13.0. The summed E-state index contributed by atoms with van der Waals surface area (Å²) >= 11 is 0. The third kappa shape index (κ3) is 5.25. The number of likely N-dealkylation sites (tertiary alicyclic amines) is 1. The van der Waals surface area contributed by atoms with Gasteiger partial charge in [0.1, 0.15) is 0 Å². The lowest BCUT2D eigenvalue weighted by molar-refractivity contribution is 0.0436. The second kappa shape index (κ2) is 9.55. The van der Waals surface area contributed by atoms with Crippen molar-refractivity contribution in [3.05, 3.63) is 53.6 Å². The van der Waals surface area contributed by atoms with E-state index >= 15 is 0 Å². The lowest BCUT2D eigenvalue weighted by Crippen LogP contribution is -2.43. The molecular formula is C23H32N4O2. The lowest BCUT2D eigenvalue weighted by atomic mass is 9.95. The van der Waals surface area contributed by atoms with E-state index in [2.05, 4.69) is 46.1 Å². The molecule has 6 heteroatoms. The van der Waals surface area contributed by atoms with Crippen LogP contribution >= 0.6 is 0 Å². The van der Waals surface area contributed by atoms with Crippen LogP contribution in [0.5, 0.6) is 0 Å². The monoisotopic (exact) mass is 396 g/mol. The number of piperidine rings is 1. The van der Waals surface area contributed by atoms with Crippen LogP contribution in [-0.4, -0.2) is 64.6 Å². The molecule has 4 rings (SSSR count). The molecule has 1 amide bonds. The van der Waals surface area contributed by atoms with E-state index in [0.29, 0.717) is 18.3 Å². The summed E-state index contributed by atoms with van der Waals surface area (Å²) in [5.41, 5.74) is 2.78. The summed E-state index contributed by atoms with van der Waals surface area (Å²) in [5, 5.41) is 0. The molecular weight excluding hydrogens is 364 g/mol. The Morgan fingerprint density at radius 3 is 2.76 bits per heavy atom. The molecule has 2 aliphatic rings. The number of aromatic amines is 1. The molecule has 1 N–H and O–H groups in total. The minimum atomic E-state index is -0.00663. The van der Waals surface area contributed by atoms with Gasteiger partial charge in [-0.25, -0.2) is 4.98 Å². The molecule has 1 unspecified atom stereocenters. The highest BCUT2D eigenvalue weighted by molar-refractivity contribution is 5.90. The number of carbonyl (C=O) groups excluding carboxylic acids is 1. The Balaban J connectivity index is 1.33. The van der Waals surface area contributed by atoms with Crippen LogP contribution < -0.4 is 0 Å². The van der Waals surface area contributed by atoms with Crippen LogP contribution in [0.2, 0.25) is 0 Å². The van der Waals surface area contributed by atoms with Crippen molar-refractivity contribution in [2.24, 2.45) is 5.92 Å². The molecule has 1 atom stereocenters. The molecule has 2 aromatic rings. The SMILES string of the molecule is Cc1ccccc1CN1CCC(CN(CC2CCCO2)C(=O)c2ncc[nH]2)CC1. The Morgan fingerprint density at radius 2 is 2.07 bits per heavy atom. The molecule has 0 bridgehead atoms. The van der Waals surface area contributed by atoms with Gasteiger partial charge < -0.3 is 14.6 Å². The van der Waals surface area contributed by atoms with Gasteiger partial charge in [0.15, 0.2) is 5.82 Å². The van der Waals surface area contributed by atoms with Gasteiger partial charge in [0.2, 0.25) is 0 Å². The van der Waals surface area contributed by atoms with Crippen LogP contribution in [0.15, 0.2) is 36.7 Å². The van der Waals surface area contributed by atoms with Crippen molar-refractivity contribution in [2.45, 2.75) is 45.3 Å². The number of rotatable bonds is 7. The summed E-state index contributed by atoms with van der Waals surface area (Å²) in [5.74, 6) is 0.955. The van der Waals surface area contributed by atoms with Crippen LogP contribution in [0.3, 0.4) is 0 Å². The van der Waals surface area contributed by atoms with Gasteiger partial charge in [0.25, 0.3) is 5.91 Å². The predicted molar refractivity (Wildman–Crippen MR) is 113 cm³/mol. The normalized spacial score (nSPS) is 20.8. The fourth-order valence-electron chi connectivity index (χ4n) is 4.47. The van der Waals surface area contributed by atoms with Gasteiger partial charge in [-0.1, -0.05) is 24.3 Å². The number of nitrogens with one attached hydrogen (secondary N) is 1. The second-order valence-electron chi connectivity index (χ2n) is 8.43. The number of nitrogens with zero attached hydrogens (tertiary/aromatic N) is 3. The summed E-state index contributed by atoms with van der Waals surface area (Å²) in [6, 6.07) is 8.64. The molecule has 2 saturated heterocycles. The Labute approximate surface area is 173 Å². The maximum Gasteiger partial charge on any atom is 0.289 e. The number of benzene rings is 1. The van der Waals surface area contributed by atoms with Crippen LogP contribution in [0.1, 0.15) is 47.4 Å². The van der Waals surface area contributed by atoms with Crippen molar-refractivity contribution in [1.29, 1.82) is 0 Å². The van der Waals surface area contributed by atoms with Crippen molar-refractivity contribution in [3.63, 3.8) is 0 Å². The van der Waals surface area contributed by atoms with E-state index in [-0.39, 0.29) is 12.0 Å². The summed E-state index contributed by atoms with van der Waals surface area (Å²) in [7, 11) is 0. The van der Waals surface area contributed by atoms with Crippen molar-refractivity contribution >= 4 is 5.91 Å². The van der Waals surface area contributed by atoms with Crippen LogP contribution in [0, 0.1) is 12.8 Å². The van der Waals surface area contributed by atoms with Gasteiger partial charge in [0.05, 0.1) is 6.10 Å². The summed E-state index contributed by atoms with van der Waals surface area (Å²) < 4.78 is 5.80. The zero-order chi connectivity index (χ0) is 20.1. The maximum atomic E-state index is 13.0. The molecule has 0 spiro atoms. The van der Waals surface area contributed by atoms with E-state index in [1.54, 1.807) is 12.4 Å². The topological polar surface area (TPSA) is 61.5 Å². The highest BCUT2D eigenvalue weighted by Crippen LogP contribution is 2.23. The number of amides is 1. The quantitative estimate of drug-likeness (QED) is 0.780. The average molecular weight is 397 g/mol. The number of hydrogen-bond donors (Lipinski definition) is 1. The van der Waals surface area contributed by atoms with E-state index in [1.807, 2.05) is 4.90 Å². The van der Waals surface area contributed by atoms with Crippen molar-refractivity contribution in [2.75, 3.05) is 32.8 Å². The Bertz CT molecular complexity index is 778. The first-order chi connectivity index (χ1) is 14.2. The smallest absolute Gasteiger partial charge is 0.289 e. The van der Waals surface area contributed by atoms with E-state index < -0.39 is 0 Å². The molecule has 1 aromatic heterocycles. The van der Waals surface area contributed by atoms with Gasteiger partial charge in [-0.2, -0.15) is 0 Å². The molecule has 0 radical (unpaired) electrons. The van der Waals surface area contributed by atoms with E-state index in [9.17, 15) is 4.79 Å². The zero-order valence-corrected chi connectivity index (χ0v) is 17.3. The van der Waals surface area contributed by atoms with E-state index in [0.717, 1.165) is 58.5 Å². The first-order valence-corrected chi connectivity index (χ1v) is 10.9. The Kier molecular flexibility index (Phi) is 6.62. The number of H-pyrrole nitrogens is 1. The fraction of sp³-hybridized carbons (Fsp3) is 0.565. The number of ether oxygens (including phenoxy) is 1. The highest BCUT2D eigenvalue weighted by atomic mass is 16.5. The third-order valence-electron chi connectivity index (χ3n) is 6.28. The molecule has 29 heavy (non-hydrogen) atoms. The van der Waals surface area contributed by atoms with Crippen molar-refractivity contribution in [3.8, 4) is 0 Å². The predicted octanol–water partition coefficient (Wildman–Crippen LogP) is 3.25. The van der Waals surface area contributed by atoms with Crippen LogP contribution in [0.25, 0.3) is 0 Å². The van der Waals surface area contributed by atoms with E-state index in [1.165, 1.54) is 11.1 Å². The minimum Gasteiger partial charge on any atom is -0.376 e. The molecule has 2 aliphatic heterocycles. The Hall–Kier alpha value is -2.18. The molecule has 2 fully saturated rings. The highest BCUT2D eigenvalue weighted by Gasteiger charge is 2.28. The second-order valence-corrected chi connectivity index (χ2v) is 8.43. The largest absolute Gasteiger partial charge is 0.376 e. The number of imidazole rings is 1. The molecule has 1 aromatic carbocycles.